The van der Waals surface area contributed by atoms with Gasteiger partial charge < -0.3 is 14.7 Å². The minimum absolute atomic E-state index is 0.249. The van der Waals surface area contributed by atoms with E-state index in [0.29, 0.717) is 6.54 Å². The van der Waals surface area contributed by atoms with E-state index in [1.54, 1.807) is 0 Å². The maximum Gasteiger partial charge on any atom is 0.242 e. The van der Waals surface area contributed by atoms with Crippen LogP contribution in [0.1, 0.15) is 5.56 Å². The van der Waals surface area contributed by atoms with Crippen molar-refractivity contribution >= 4 is 17.3 Å². The van der Waals surface area contributed by atoms with Crippen molar-refractivity contribution in [2.24, 2.45) is 0 Å². The van der Waals surface area contributed by atoms with E-state index in [9.17, 15) is 4.79 Å². The number of piperazine rings is 1. The molecule has 0 saturated carbocycles. The summed E-state index contributed by atoms with van der Waals surface area (Å²) in [7, 11) is 0. The molecule has 24 heavy (non-hydrogen) atoms. The molecule has 0 spiro atoms. The van der Waals surface area contributed by atoms with E-state index < -0.39 is 0 Å². The number of anilines is 2. The maximum atomic E-state index is 12.7. The first-order valence-corrected chi connectivity index (χ1v) is 8.72. The molecule has 2 aromatic rings. The molecule has 4 heteroatoms. The van der Waals surface area contributed by atoms with Crippen molar-refractivity contribution in [3.63, 3.8) is 0 Å². The Kier molecular flexibility index (Phi) is 4.11. The predicted octanol–water partition coefficient (Wildman–Crippen LogP) is 2.40. The first-order valence-electron chi connectivity index (χ1n) is 8.72. The highest BCUT2D eigenvalue weighted by atomic mass is 16.2. The lowest BCUT2D eigenvalue weighted by molar-refractivity contribution is -0.130. The lowest BCUT2D eigenvalue weighted by Crippen LogP contribution is -2.51. The Hall–Kier alpha value is -2.49. The SMILES string of the molecule is O=C(CN1CCc2ccccc21)N1CCN(c2ccccc2)CC1. The minimum Gasteiger partial charge on any atom is -0.368 e. The summed E-state index contributed by atoms with van der Waals surface area (Å²) in [6.07, 6.45) is 1.05. The fraction of sp³-hybridized carbons (Fsp3) is 0.350. The molecule has 1 fully saturated rings. The number of hydrogen-bond donors (Lipinski definition) is 0. The monoisotopic (exact) mass is 321 g/mol. The number of hydrogen-bond acceptors (Lipinski definition) is 3. The van der Waals surface area contributed by atoms with Crippen molar-refractivity contribution in [3.05, 3.63) is 60.2 Å². The van der Waals surface area contributed by atoms with Crippen LogP contribution >= 0.6 is 0 Å². The predicted molar refractivity (Wildman–Crippen MR) is 97.6 cm³/mol. The Labute approximate surface area is 143 Å². The average molecular weight is 321 g/mol. The average Bonchev–Trinajstić information content (AvgIpc) is 3.06. The molecule has 0 radical (unpaired) electrons. The molecule has 4 nitrogen and oxygen atoms in total. The van der Waals surface area contributed by atoms with Crippen LogP contribution in [-0.2, 0) is 11.2 Å². The quantitative estimate of drug-likeness (QED) is 0.868. The van der Waals surface area contributed by atoms with Gasteiger partial charge in [0.1, 0.15) is 0 Å². The van der Waals surface area contributed by atoms with Gasteiger partial charge in [0, 0.05) is 44.1 Å². The number of nitrogens with zero attached hydrogens (tertiary/aromatic N) is 3. The van der Waals surface area contributed by atoms with Crippen molar-refractivity contribution in [2.45, 2.75) is 6.42 Å². The highest BCUT2D eigenvalue weighted by molar-refractivity contribution is 5.82. The fourth-order valence-corrected chi connectivity index (χ4v) is 3.69. The van der Waals surface area contributed by atoms with Crippen LogP contribution in [0.25, 0.3) is 0 Å². The van der Waals surface area contributed by atoms with Gasteiger partial charge in [-0.2, -0.15) is 0 Å². The summed E-state index contributed by atoms with van der Waals surface area (Å²) >= 11 is 0. The molecular formula is C20H23N3O. The van der Waals surface area contributed by atoms with Gasteiger partial charge in [0.2, 0.25) is 5.91 Å². The summed E-state index contributed by atoms with van der Waals surface area (Å²) in [5.74, 6) is 0.249. The molecule has 0 unspecified atom stereocenters. The molecule has 1 amide bonds. The van der Waals surface area contributed by atoms with E-state index in [1.165, 1.54) is 16.9 Å². The van der Waals surface area contributed by atoms with Crippen molar-refractivity contribution in [1.29, 1.82) is 0 Å². The molecule has 2 aliphatic heterocycles. The van der Waals surface area contributed by atoms with E-state index in [4.69, 9.17) is 0 Å². The molecule has 0 aliphatic carbocycles. The summed E-state index contributed by atoms with van der Waals surface area (Å²) in [6.45, 7) is 4.89. The second-order valence-electron chi connectivity index (χ2n) is 6.50. The summed E-state index contributed by atoms with van der Waals surface area (Å²) in [6, 6.07) is 18.9. The van der Waals surface area contributed by atoms with Crippen LogP contribution in [0.4, 0.5) is 11.4 Å². The normalized spacial score (nSPS) is 17.1. The van der Waals surface area contributed by atoms with Gasteiger partial charge in [0.25, 0.3) is 0 Å². The van der Waals surface area contributed by atoms with Gasteiger partial charge in [-0.3, -0.25) is 4.79 Å². The zero-order valence-corrected chi connectivity index (χ0v) is 13.9. The largest absolute Gasteiger partial charge is 0.368 e. The smallest absolute Gasteiger partial charge is 0.242 e. The van der Waals surface area contributed by atoms with E-state index in [0.717, 1.165) is 39.1 Å². The number of carbonyl (C=O) groups excluding carboxylic acids is 1. The molecule has 2 heterocycles. The zero-order valence-electron chi connectivity index (χ0n) is 13.9. The standard InChI is InChI=1S/C20H23N3O/c24-20(16-23-11-10-17-6-4-5-9-19(17)23)22-14-12-21(13-15-22)18-7-2-1-3-8-18/h1-9H,10-16H2. The third-order valence-corrected chi connectivity index (χ3v) is 5.06. The molecule has 0 N–H and O–H groups in total. The van der Waals surface area contributed by atoms with Crippen molar-refractivity contribution in [2.75, 3.05) is 49.1 Å². The Morgan fingerprint density at radius 1 is 0.833 bits per heavy atom. The van der Waals surface area contributed by atoms with Crippen molar-refractivity contribution in [3.8, 4) is 0 Å². The van der Waals surface area contributed by atoms with Crippen molar-refractivity contribution < 1.29 is 4.79 Å². The zero-order chi connectivity index (χ0) is 16.4. The number of benzene rings is 2. The van der Waals surface area contributed by atoms with Crippen LogP contribution in [-0.4, -0.2) is 50.1 Å². The number of amides is 1. The Bertz CT molecular complexity index is 708. The number of carbonyl (C=O) groups is 1. The first kappa shape index (κ1) is 15.1. The van der Waals surface area contributed by atoms with Crippen LogP contribution in [0.15, 0.2) is 54.6 Å². The first-order chi connectivity index (χ1) is 11.8. The second-order valence-corrected chi connectivity index (χ2v) is 6.50. The van der Waals surface area contributed by atoms with E-state index in [2.05, 4.69) is 58.3 Å². The number of fused-ring (bicyclic) bond motifs is 1. The molecule has 2 aromatic carbocycles. The van der Waals surface area contributed by atoms with Gasteiger partial charge in [-0.05, 0) is 30.2 Å². The van der Waals surface area contributed by atoms with Gasteiger partial charge in [-0.25, -0.2) is 0 Å². The Balaban J connectivity index is 1.34. The summed E-state index contributed by atoms with van der Waals surface area (Å²) in [5.41, 5.74) is 3.84. The van der Waals surface area contributed by atoms with Crippen LogP contribution in [0, 0.1) is 0 Å². The van der Waals surface area contributed by atoms with E-state index in [-0.39, 0.29) is 5.91 Å². The summed E-state index contributed by atoms with van der Waals surface area (Å²) in [5, 5.41) is 0. The molecule has 124 valence electrons. The second kappa shape index (κ2) is 6.56. The molecule has 0 bridgehead atoms. The van der Waals surface area contributed by atoms with Gasteiger partial charge in [-0.1, -0.05) is 36.4 Å². The van der Waals surface area contributed by atoms with Gasteiger partial charge in [-0.15, -0.1) is 0 Å². The molecule has 0 atom stereocenters. The van der Waals surface area contributed by atoms with Crippen LogP contribution < -0.4 is 9.80 Å². The highest BCUT2D eigenvalue weighted by Gasteiger charge is 2.25. The maximum absolute atomic E-state index is 12.7. The topological polar surface area (TPSA) is 26.8 Å². The third-order valence-electron chi connectivity index (χ3n) is 5.06. The molecule has 4 rings (SSSR count). The van der Waals surface area contributed by atoms with Crippen LogP contribution in [0.3, 0.4) is 0 Å². The van der Waals surface area contributed by atoms with E-state index in [1.807, 2.05) is 11.0 Å². The fourth-order valence-electron chi connectivity index (χ4n) is 3.69. The minimum atomic E-state index is 0.249. The van der Waals surface area contributed by atoms with Crippen LogP contribution in [0.2, 0.25) is 0 Å². The number of rotatable bonds is 3. The lowest BCUT2D eigenvalue weighted by atomic mass is 10.2. The molecular weight excluding hydrogens is 298 g/mol. The van der Waals surface area contributed by atoms with Gasteiger partial charge >= 0.3 is 0 Å². The van der Waals surface area contributed by atoms with Crippen LogP contribution in [0.5, 0.6) is 0 Å². The van der Waals surface area contributed by atoms with Gasteiger partial charge in [0.15, 0.2) is 0 Å². The number of para-hydroxylation sites is 2. The Morgan fingerprint density at radius 2 is 1.54 bits per heavy atom. The molecule has 2 aliphatic rings. The Morgan fingerprint density at radius 3 is 2.33 bits per heavy atom. The van der Waals surface area contributed by atoms with E-state index >= 15 is 0 Å². The van der Waals surface area contributed by atoms with Crippen molar-refractivity contribution in [1.82, 2.24) is 4.90 Å². The van der Waals surface area contributed by atoms with Gasteiger partial charge in [0.05, 0.1) is 6.54 Å². The molecule has 1 saturated heterocycles. The summed E-state index contributed by atoms with van der Waals surface area (Å²) in [4.78, 5) is 19.3. The third kappa shape index (κ3) is 2.96. The lowest BCUT2D eigenvalue weighted by Gasteiger charge is -2.37. The highest BCUT2D eigenvalue weighted by Crippen LogP contribution is 2.27. The molecule has 0 aromatic heterocycles. The summed E-state index contributed by atoms with van der Waals surface area (Å²) < 4.78 is 0.